The molecule has 30 heavy (non-hydrogen) atoms. The fourth-order valence-corrected chi connectivity index (χ4v) is 4.28. The van der Waals surface area contributed by atoms with Gasteiger partial charge in [-0.15, -0.1) is 0 Å². The molecule has 1 aromatic heterocycles. The van der Waals surface area contributed by atoms with Crippen molar-refractivity contribution in [3.8, 4) is 0 Å². The first-order valence-corrected chi connectivity index (χ1v) is 10.6. The molecule has 0 atom stereocenters. The van der Waals surface area contributed by atoms with Crippen LogP contribution in [-0.2, 0) is 21.4 Å². The Balaban J connectivity index is 1.71. The molecule has 0 radical (unpaired) electrons. The van der Waals surface area contributed by atoms with Crippen LogP contribution >= 0.6 is 11.6 Å². The Morgan fingerprint density at radius 3 is 2.60 bits per heavy atom. The van der Waals surface area contributed by atoms with Crippen LogP contribution in [0.2, 0.25) is 5.02 Å². The van der Waals surface area contributed by atoms with E-state index in [2.05, 4.69) is 0 Å². The van der Waals surface area contributed by atoms with Crippen molar-refractivity contribution in [2.24, 2.45) is 5.14 Å². The first-order valence-electron chi connectivity index (χ1n) is 8.68. The fraction of sp³-hybridized carbons (Fsp3) is 0.0476. The normalized spacial score (nSPS) is 11.7. The van der Waals surface area contributed by atoms with Gasteiger partial charge in [0.15, 0.2) is 0 Å². The molecule has 2 N–H and O–H groups in total. The van der Waals surface area contributed by atoms with Crippen LogP contribution in [0, 0.1) is 0 Å². The molecule has 4 aromatic rings. The van der Waals surface area contributed by atoms with E-state index in [-0.39, 0.29) is 22.1 Å². The fourth-order valence-electron chi connectivity index (χ4n) is 3.21. The van der Waals surface area contributed by atoms with Gasteiger partial charge < -0.3 is 9.15 Å². The minimum atomic E-state index is -4.11. The van der Waals surface area contributed by atoms with Crippen LogP contribution in [0.25, 0.3) is 21.7 Å². The number of halogens is 1. The first kappa shape index (κ1) is 20.1. The van der Waals surface area contributed by atoms with Crippen LogP contribution in [0.3, 0.4) is 0 Å². The molecule has 0 fully saturated rings. The van der Waals surface area contributed by atoms with Crippen molar-refractivity contribution >= 4 is 49.3 Å². The Kier molecular flexibility index (Phi) is 5.07. The minimum Gasteiger partial charge on any atom is -0.457 e. The van der Waals surface area contributed by atoms with Crippen molar-refractivity contribution in [1.82, 2.24) is 0 Å². The summed E-state index contributed by atoms with van der Waals surface area (Å²) in [4.78, 5) is 24.1. The molecule has 0 bridgehead atoms. The smallest absolute Gasteiger partial charge is 0.338 e. The molecule has 0 spiro atoms. The first-order chi connectivity index (χ1) is 14.2. The monoisotopic (exact) mass is 443 g/mol. The predicted molar refractivity (Wildman–Crippen MR) is 112 cm³/mol. The molecule has 0 aliphatic rings. The Morgan fingerprint density at radius 1 is 1.07 bits per heavy atom. The summed E-state index contributed by atoms with van der Waals surface area (Å²) in [6, 6.07) is 15.9. The summed E-state index contributed by atoms with van der Waals surface area (Å²) in [6.45, 7) is -0.220. The van der Waals surface area contributed by atoms with Crippen LogP contribution in [0.4, 0.5) is 0 Å². The van der Waals surface area contributed by atoms with Gasteiger partial charge in [0.25, 0.3) is 0 Å². The van der Waals surface area contributed by atoms with Crippen LogP contribution in [0.5, 0.6) is 0 Å². The van der Waals surface area contributed by atoms with Crippen molar-refractivity contribution in [3.63, 3.8) is 0 Å². The lowest BCUT2D eigenvalue weighted by molar-refractivity contribution is 0.0473. The van der Waals surface area contributed by atoms with E-state index < -0.39 is 21.6 Å². The number of nitrogens with two attached hydrogens (primary N) is 1. The van der Waals surface area contributed by atoms with Gasteiger partial charge in [0.2, 0.25) is 10.0 Å². The van der Waals surface area contributed by atoms with Crippen molar-refractivity contribution in [2.45, 2.75) is 11.5 Å². The number of esters is 1. The summed E-state index contributed by atoms with van der Waals surface area (Å²) in [7, 11) is -4.11. The van der Waals surface area contributed by atoms with Crippen LogP contribution in [-0.4, -0.2) is 14.4 Å². The second-order valence-electron chi connectivity index (χ2n) is 6.52. The molecule has 7 nitrogen and oxygen atoms in total. The molecule has 0 aliphatic carbocycles. The van der Waals surface area contributed by atoms with Crippen molar-refractivity contribution in [1.29, 1.82) is 0 Å². The van der Waals surface area contributed by atoms with Gasteiger partial charge in [-0.05, 0) is 35.0 Å². The van der Waals surface area contributed by atoms with E-state index in [9.17, 15) is 18.0 Å². The van der Waals surface area contributed by atoms with Crippen molar-refractivity contribution in [2.75, 3.05) is 0 Å². The highest BCUT2D eigenvalue weighted by Gasteiger charge is 2.18. The molecule has 4 rings (SSSR count). The number of carbonyl (C=O) groups excluding carboxylic acids is 1. The van der Waals surface area contributed by atoms with Gasteiger partial charge in [0.1, 0.15) is 17.1 Å². The summed E-state index contributed by atoms with van der Waals surface area (Å²) in [5, 5.41) is 7.44. The summed E-state index contributed by atoms with van der Waals surface area (Å²) in [6.07, 6.45) is 0. The number of hydrogen-bond acceptors (Lipinski definition) is 6. The molecular weight excluding hydrogens is 430 g/mol. The van der Waals surface area contributed by atoms with Crippen LogP contribution in [0.1, 0.15) is 15.9 Å². The van der Waals surface area contributed by atoms with Crippen LogP contribution < -0.4 is 10.8 Å². The number of rotatable bonds is 4. The van der Waals surface area contributed by atoms with Crippen LogP contribution in [0.15, 0.2) is 74.8 Å². The quantitative estimate of drug-likeness (QED) is 0.292. The highest BCUT2D eigenvalue weighted by molar-refractivity contribution is 7.89. The molecule has 152 valence electrons. The average Bonchev–Trinajstić information content (AvgIpc) is 2.70. The number of primary sulfonamides is 1. The Bertz CT molecular complexity index is 1480. The largest absolute Gasteiger partial charge is 0.457 e. The van der Waals surface area contributed by atoms with Crippen molar-refractivity contribution in [3.05, 3.63) is 87.2 Å². The summed E-state index contributed by atoms with van der Waals surface area (Å²) >= 11 is 5.84. The highest BCUT2D eigenvalue weighted by atomic mass is 35.5. The maximum atomic E-state index is 12.5. The van der Waals surface area contributed by atoms with Gasteiger partial charge in [0, 0.05) is 17.0 Å². The number of hydrogen-bond donors (Lipinski definition) is 1. The Morgan fingerprint density at radius 2 is 1.83 bits per heavy atom. The van der Waals surface area contributed by atoms with Crippen molar-refractivity contribution < 1.29 is 22.4 Å². The molecule has 9 heteroatoms. The van der Waals surface area contributed by atoms with Gasteiger partial charge in [-0.3, -0.25) is 0 Å². The lowest BCUT2D eigenvalue weighted by Gasteiger charge is -2.10. The van der Waals surface area contributed by atoms with E-state index in [1.165, 1.54) is 18.2 Å². The van der Waals surface area contributed by atoms with Gasteiger partial charge in [0.05, 0.1) is 10.6 Å². The summed E-state index contributed by atoms with van der Waals surface area (Å²) in [5.74, 6) is -0.793. The molecule has 0 amide bonds. The van der Waals surface area contributed by atoms with E-state index in [0.717, 1.165) is 16.8 Å². The third-order valence-electron chi connectivity index (χ3n) is 4.55. The van der Waals surface area contributed by atoms with E-state index in [1.807, 2.05) is 30.3 Å². The molecule has 0 aliphatic heterocycles. The average molecular weight is 444 g/mol. The second-order valence-corrected chi connectivity index (χ2v) is 8.45. The molecule has 0 unspecified atom stereocenters. The van der Waals surface area contributed by atoms with E-state index in [1.54, 1.807) is 6.07 Å². The van der Waals surface area contributed by atoms with Gasteiger partial charge in [-0.2, -0.15) is 0 Å². The standard InChI is InChI=1S/C21H14ClNO6S/c22-16-7-5-13(9-18(16)30(23,26)27)21(25)28-11-14-10-19(24)29-17-8-6-12-3-1-2-4-15(12)20(14)17/h1-10H,11H2,(H2,23,26,27). The minimum absolute atomic E-state index is 0.0412. The maximum Gasteiger partial charge on any atom is 0.338 e. The summed E-state index contributed by atoms with van der Waals surface area (Å²) in [5.41, 5.74) is 0.217. The lowest BCUT2D eigenvalue weighted by atomic mass is 10.0. The molecule has 3 aromatic carbocycles. The number of carbonyl (C=O) groups is 1. The molecule has 0 saturated heterocycles. The Labute approximate surface area is 175 Å². The second kappa shape index (κ2) is 7.56. The molecule has 0 saturated carbocycles. The number of fused-ring (bicyclic) bond motifs is 3. The third kappa shape index (κ3) is 3.80. The van der Waals surface area contributed by atoms with E-state index in [4.69, 9.17) is 25.9 Å². The van der Waals surface area contributed by atoms with E-state index >= 15 is 0 Å². The van der Waals surface area contributed by atoms with Gasteiger partial charge in [-0.1, -0.05) is 41.9 Å². The topological polar surface area (TPSA) is 117 Å². The molecule has 1 heterocycles. The molecular formula is C21H14ClNO6S. The predicted octanol–water partition coefficient (Wildman–Crippen LogP) is 3.60. The zero-order valence-corrected chi connectivity index (χ0v) is 16.9. The number of benzene rings is 3. The summed E-state index contributed by atoms with van der Waals surface area (Å²) < 4.78 is 33.8. The third-order valence-corrected chi connectivity index (χ3v) is 5.94. The number of ether oxygens (including phenoxy) is 1. The van der Waals surface area contributed by atoms with E-state index in [0.29, 0.717) is 16.5 Å². The number of sulfonamides is 1. The SMILES string of the molecule is NS(=O)(=O)c1cc(C(=O)OCc2cc(=O)oc3ccc4ccccc4c23)ccc1Cl. The Hall–Kier alpha value is -3.20. The highest BCUT2D eigenvalue weighted by Crippen LogP contribution is 2.28. The van der Waals surface area contributed by atoms with Gasteiger partial charge in [-0.25, -0.2) is 23.1 Å². The maximum absolute atomic E-state index is 12.5. The van der Waals surface area contributed by atoms with Gasteiger partial charge >= 0.3 is 11.6 Å². The lowest BCUT2D eigenvalue weighted by Crippen LogP contribution is -2.14. The zero-order valence-electron chi connectivity index (χ0n) is 15.3. The zero-order chi connectivity index (χ0) is 21.5.